The van der Waals surface area contributed by atoms with E-state index in [2.05, 4.69) is 6.58 Å². The van der Waals surface area contributed by atoms with Crippen LogP contribution in [0.1, 0.15) is 40.0 Å². The molecule has 0 amide bonds. The van der Waals surface area contributed by atoms with E-state index in [4.69, 9.17) is 14.2 Å². The number of hydrogen-bond donors (Lipinski definition) is 0. The number of esters is 2. The lowest BCUT2D eigenvalue weighted by Gasteiger charge is -2.07. The largest absolute Gasteiger partial charge is 0.462 e. The van der Waals surface area contributed by atoms with Crippen LogP contribution >= 0.6 is 0 Å². The lowest BCUT2D eigenvalue weighted by molar-refractivity contribution is -0.141. The van der Waals surface area contributed by atoms with E-state index in [0.717, 1.165) is 0 Å². The van der Waals surface area contributed by atoms with Crippen LogP contribution in [0.4, 0.5) is 0 Å². The van der Waals surface area contributed by atoms with Crippen molar-refractivity contribution in [3.05, 3.63) is 23.8 Å². The average molecular weight is 298 g/mol. The fourth-order valence-electron chi connectivity index (χ4n) is 1.34. The Balaban J connectivity index is 3.74. The summed E-state index contributed by atoms with van der Waals surface area (Å²) in [6.07, 6.45) is 3.52. The van der Waals surface area contributed by atoms with Crippen LogP contribution in [0.3, 0.4) is 0 Å². The molecule has 0 aliphatic heterocycles. The molecule has 0 atom stereocenters. The van der Waals surface area contributed by atoms with Crippen molar-refractivity contribution >= 4 is 11.9 Å². The lowest BCUT2D eigenvalue weighted by atomic mass is 10.2. The van der Waals surface area contributed by atoms with E-state index in [9.17, 15) is 9.59 Å². The topological polar surface area (TPSA) is 61.8 Å². The molecule has 0 saturated heterocycles. The molecule has 0 saturated carbocycles. The third-order valence-electron chi connectivity index (χ3n) is 2.71. The van der Waals surface area contributed by atoms with Crippen molar-refractivity contribution in [1.29, 1.82) is 0 Å². The van der Waals surface area contributed by atoms with Crippen molar-refractivity contribution in [1.82, 2.24) is 0 Å². The molecule has 0 heterocycles. The fourth-order valence-corrected chi connectivity index (χ4v) is 1.34. The highest BCUT2D eigenvalue weighted by molar-refractivity contribution is 5.88. The van der Waals surface area contributed by atoms with Gasteiger partial charge in [-0.1, -0.05) is 19.6 Å². The van der Waals surface area contributed by atoms with Crippen LogP contribution in [0.2, 0.25) is 0 Å². The monoisotopic (exact) mass is 298 g/mol. The smallest absolute Gasteiger partial charge is 0.333 e. The van der Waals surface area contributed by atoms with Crippen LogP contribution < -0.4 is 0 Å². The molecule has 0 radical (unpaired) electrons. The van der Waals surface area contributed by atoms with Gasteiger partial charge in [0.25, 0.3) is 0 Å². The van der Waals surface area contributed by atoms with Gasteiger partial charge in [-0.05, 0) is 26.7 Å². The van der Waals surface area contributed by atoms with Gasteiger partial charge in [0.1, 0.15) is 0 Å². The van der Waals surface area contributed by atoms with E-state index in [1.807, 2.05) is 13.8 Å². The molecule has 0 aliphatic carbocycles. The molecule has 0 unspecified atom stereocenters. The maximum absolute atomic E-state index is 11.6. The molecule has 5 nitrogen and oxygen atoms in total. The standard InChI is InChI=1S/C16H26O5/c1-5-13(3)15(17)20-11-8-12-21-16(18)14(4)9-7-10-19-6-2/h9H,3,5-8,10-12H2,1-2,4H3. The second kappa shape index (κ2) is 12.1. The summed E-state index contributed by atoms with van der Waals surface area (Å²) in [5.41, 5.74) is 1.01. The zero-order valence-corrected chi connectivity index (χ0v) is 13.3. The quantitative estimate of drug-likeness (QED) is 0.333. The van der Waals surface area contributed by atoms with E-state index in [1.165, 1.54) is 0 Å². The Kier molecular flexibility index (Phi) is 11.2. The zero-order chi connectivity index (χ0) is 16.1. The summed E-state index contributed by atoms with van der Waals surface area (Å²) >= 11 is 0. The summed E-state index contributed by atoms with van der Waals surface area (Å²) in [4.78, 5) is 22.9. The predicted octanol–water partition coefficient (Wildman–Crippen LogP) is 2.80. The molecule has 0 bridgehead atoms. The van der Waals surface area contributed by atoms with Gasteiger partial charge in [0.15, 0.2) is 0 Å². The highest BCUT2D eigenvalue weighted by atomic mass is 16.5. The van der Waals surface area contributed by atoms with E-state index in [-0.39, 0.29) is 19.2 Å². The van der Waals surface area contributed by atoms with Crippen LogP contribution in [0.5, 0.6) is 0 Å². The summed E-state index contributed by atoms with van der Waals surface area (Å²) in [6, 6.07) is 0. The predicted molar refractivity (Wildman–Crippen MR) is 80.8 cm³/mol. The number of carbonyl (C=O) groups is 2. The molecule has 21 heavy (non-hydrogen) atoms. The molecule has 120 valence electrons. The van der Waals surface area contributed by atoms with Gasteiger partial charge in [-0.2, -0.15) is 0 Å². The number of carbonyl (C=O) groups excluding carboxylic acids is 2. The molecule has 0 aromatic carbocycles. The van der Waals surface area contributed by atoms with Gasteiger partial charge < -0.3 is 14.2 Å². The van der Waals surface area contributed by atoms with Crippen molar-refractivity contribution < 1.29 is 23.8 Å². The molecule has 0 N–H and O–H groups in total. The minimum absolute atomic E-state index is 0.220. The fraction of sp³-hybridized carbons (Fsp3) is 0.625. The van der Waals surface area contributed by atoms with Crippen LogP contribution in [-0.4, -0.2) is 38.4 Å². The van der Waals surface area contributed by atoms with Gasteiger partial charge in [-0.25, -0.2) is 9.59 Å². The highest BCUT2D eigenvalue weighted by Gasteiger charge is 2.07. The van der Waals surface area contributed by atoms with Gasteiger partial charge in [-0.3, -0.25) is 0 Å². The molecule has 0 aromatic rings. The minimum atomic E-state index is -0.393. The average Bonchev–Trinajstić information content (AvgIpc) is 2.49. The maximum Gasteiger partial charge on any atom is 0.333 e. The normalized spacial score (nSPS) is 11.1. The summed E-state index contributed by atoms with van der Waals surface area (Å²) in [6.45, 7) is 10.8. The molecule has 0 aliphatic rings. The first kappa shape index (κ1) is 19.4. The van der Waals surface area contributed by atoms with Crippen molar-refractivity contribution in [2.45, 2.75) is 40.0 Å². The molecular weight excluding hydrogens is 272 g/mol. The first-order valence-corrected chi connectivity index (χ1v) is 7.29. The van der Waals surface area contributed by atoms with Crippen molar-refractivity contribution in [3.8, 4) is 0 Å². The molecule has 5 heteroatoms. The second-order valence-electron chi connectivity index (χ2n) is 4.46. The Morgan fingerprint density at radius 3 is 2.24 bits per heavy atom. The SMILES string of the molecule is C=C(CC)C(=O)OCCCOC(=O)C(C)=CCCOCC. The van der Waals surface area contributed by atoms with Crippen LogP contribution in [0, 0.1) is 0 Å². The van der Waals surface area contributed by atoms with E-state index in [1.54, 1.807) is 13.0 Å². The Hall–Kier alpha value is -1.62. The van der Waals surface area contributed by atoms with Crippen LogP contribution in [0.25, 0.3) is 0 Å². The van der Waals surface area contributed by atoms with Crippen LogP contribution in [0.15, 0.2) is 23.8 Å². The second-order valence-corrected chi connectivity index (χ2v) is 4.46. The molecule has 0 aromatic heterocycles. The van der Waals surface area contributed by atoms with E-state index < -0.39 is 5.97 Å². The highest BCUT2D eigenvalue weighted by Crippen LogP contribution is 2.02. The summed E-state index contributed by atoms with van der Waals surface area (Å²) in [5.74, 6) is -0.744. The van der Waals surface area contributed by atoms with Gasteiger partial charge in [0.2, 0.25) is 0 Å². The molecule has 0 spiro atoms. The molecular formula is C16H26O5. The Morgan fingerprint density at radius 2 is 1.67 bits per heavy atom. The van der Waals surface area contributed by atoms with Crippen molar-refractivity contribution in [3.63, 3.8) is 0 Å². The van der Waals surface area contributed by atoms with Crippen molar-refractivity contribution in [2.24, 2.45) is 0 Å². The third kappa shape index (κ3) is 9.85. The van der Waals surface area contributed by atoms with Crippen molar-refractivity contribution in [2.75, 3.05) is 26.4 Å². The first-order valence-electron chi connectivity index (χ1n) is 7.29. The van der Waals surface area contributed by atoms with Gasteiger partial charge >= 0.3 is 11.9 Å². The minimum Gasteiger partial charge on any atom is -0.462 e. The third-order valence-corrected chi connectivity index (χ3v) is 2.71. The molecule has 0 rings (SSSR count). The Morgan fingerprint density at radius 1 is 1.05 bits per heavy atom. The summed E-state index contributed by atoms with van der Waals surface area (Å²) in [7, 11) is 0. The van der Waals surface area contributed by atoms with Gasteiger partial charge in [-0.15, -0.1) is 0 Å². The van der Waals surface area contributed by atoms with Gasteiger partial charge in [0.05, 0.1) is 19.8 Å². The number of rotatable bonds is 11. The van der Waals surface area contributed by atoms with E-state index >= 15 is 0 Å². The lowest BCUT2D eigenvalue weighted by Crippen LogP contribution is -2.12. The summed E-state index contributed by atoms with van der Waals surface area (Å²) in [5, 5.41) is 0. The van der Waals surface area contributed by atoms with Crippen LogP contribution in [-0.2, 0) is 23.8 Å². The Labute approximate surface area is 126 Å². The zero-order valence-electron chi connectivity index (χ0n) is 13.3. The van der Waals surface area contributed by atoms with Gasteiger partial charge in [0, 0.05) is 24.2 Å². The Bertz CT molecular complexity index is 371. The van der Waals surface area contributed by atoms with E-state index in [0.29, 0.717) is 43.6 Å². The molecule has 0 fully saturated rings. The summed E-state index contributed by atoms with van der Waals surface area (Å²) < 4.78 is 15.2. The number of hydrogen-bond acceptors (Lipinski definition) is 5. The number of ether oxygens (including phenoxy) is 3. The first-order chi connectivity index (χ1) is 10.0. The maximum atomic E-state index is 11.6.